The Hall–Kier alpha value is -1.67. The highest BCUT2D eigenvalue weighted by atomic mass is 16.6. The van der Waals surface area contributed by atoms with Crippen LogP contribution >= 0.6 is 0 Å². The predicted octanol–water partition coefficient (Wildman–Crippen LogP) is 0.353. The monoisotopic (exact) mass is 327 g/mol. The molecule has 8 heteroatoms. The summed E-state index contributed by atoms with van der Waals surface area (Å²) in [5.41, 5.74) is 0.0554. The topological polar surface area (TPSA) is 113 Å². The average Bonchev–Trinajstić information content (AvgIpc) is 2.49. The summed E-state index contributed by atoms with van der Waals surface area (Å²) in [6.45, 7) is 8.24. The van der Waals surface area contributed by atoms with Crippen molar-refractivity contribution in [3.8, 4) is 0 Å². The normalized spacial score (nSPS) is 20.1. The van der Waals surface area contributed by atoms with Crippen LogP contribution < -0.4 is 11.2 Å². The number of carbonyl (C=O) groups is 1. The van der Waals surface area contributed by atoms with Gasteiger partial charge in [-0.2, -0.15) is 5.10 Å². The number of aliphatic hydroxyl groups is 1. The van der Waals surface area contributed by atoms with Gasteiger partial charge in [-0.05, 0) is 27.2 Å². The molecule has 0 aromatic rings. The highest BCUT2D eigenvalue weighted by Crippen LogP contribution is 2.14. The van der Waals surface area contributed by atoms with Crippen molar-refractivity contribution in [2.45, 2.75) is 45.3 Å². The average molecular weight is 327 g/mol. The molecule has 0 spiro atoms. The number of carbonyl (C=O) groups excluding carboxylic acids is 1. The van der Waals surface area contributed by atoms with Crippen molar-refractivity contribution in [3.63, 3.8) is 0 Å². The van der Waals surface area contributed by atoms with Crippen molar-refractivity contribution >= 4 is 18.0 Å². The van der Waals surface area contributed by atoms with Crippen LogP contribution in [0.2, 0.25) is 0 Å². The molecule has 0 saturated carbocycles. The number of hydrazone groups is 1. The van der Waals surface area contributed by atoms with Gasteiger partial charge in [-0.15, -0.1) is 0 Å². The van der Waals surface area contributed by atoms with Gasteiger partial charge in [-0.3, -0.25) is 4.99 Å². The van der Waals surface area contributed by atoms with E-state index in [-0.39, 0.29) is 18.7 Å². The van der Waals surface area contributed by atoms with Crippen LogP contribution in [0, 0.1) is 0 Å². The minimum absolute atomic E-state index is 0.0129. The van der Waals surface area contributed by atoms with Gasteiger partial charge in [-0.1, -0.05) is 0 Å². The molecule has 0 aromatic heterocycles. The molecule has 0 aliphatic carbocycles. The Morgan fingerprint density at radius 3 is 2.87 bits per heavy atom. The number of hydrogen-bond acceptors (Lipinski definition) is 7. The van der Waals surface area contributed by atoms with Crippen molar-refractivity contribution < 1.29 is 14.6 Å². The van der Waals surface area contributed by atoms with E-state index in [2.05, 4.69) is 15.4 Å². The second-order valence-electron chi connectivity index (χ2n) is 6.45. The van der Waals surface area contributed by atoms with Gasteiger partial charge in [-0.25, -0.2) is 4.79 Å². The van der Waals surface area contributed by atoms with Gasteiger partial charge in [0.05, 0.1) is 5.71 Å². The fourth-order valence-corrected chi connectivity index (χ4v) is 2.25. The Balaban J connectivity index is 2.52. The van der Waals surface area contributed by atoms with Gasteiger partial charge < -0.3 is 25.9 Å². The highest BCUT2D eigenvalue weighted by molar-refractivity contribution is 6.30. The van der Waals surface area contributed by atoms with Crippen LogP contribution in [0.1, 0.15) is 33.6 Å². The van der Waals surface area contributed by atoms with Crippen LogP contribution in [0.4, 0.5) is 4.79 Å². The quantitative estimate of drug-likeness (QED) is 0.370. The molecule has 1 atom stereocenters. The number of nitrogens with zero attached hydrogens (tertiary/aromatic N) is 3. The molecule has 0 bridgehead atoms. The van der Waals surface area contributed by atoms with E-state index >= 15 is 0 Å². The minimum atomic E-state index is -0.499. The van der Waals surface area contributed by atoms with Crippen LogP contribution in [0.5, 0.6) is 0 Å². The summed E-state index contributed by atoms with van der Waals surface area (Å²) < 4.78 is 5.46. The summed E-state index contributed by atoms with van der Waals surface area (Å²) in [5, 5.41) is 15.7. The molecule has 4 N–H and O–H groups in total. The molecule has 0 unspecified atom stereocenters. The Kier molecular flexibility index (Phi) is 7.97. The van der Waals surface area contributed by atoms with Crippen LogP contribution in [0.3, 0.4) is 0 Å². The maximum absolute atomic E-state index is 12.3. The summed E-state index contributed by atoms with van der Waals surface area (Å²) in [6.07, 6.45) is 2.40. The Morgan fingerprint density at radius 1 is 1.52 bits per heavy atom. The number of hydrogen-bond donors (Lipinski definition) is 3. The first-order chi connectivity index (χ1) is 10.9. The van der Waals surface area contributed by atoms with Gasteiger partial charge in [0.2, 0.25) is 0 Å². The molecule has 1 aliphatic rings. The summed E-state index contributed by atoms with van der Waals surface area (Å²) in [7, 11) is 0. The van der Waals surface area contributed by atoms with Gasteiger partial charge in [0.1, 0.15) is 5.60 Å². The molecule has 1 saturated heterocycles. The van der Waals surface area contributed by atoms with Crippen molar-refractivity contribution in [3.05, 3.63) is 0 Å². The Morgan fingerprint density at radius 2 is 2.26 bits per heavy atom. The zero-order valence-corrected chi connectivity index (χ0v) is 14.3. The van der Waals surface area contributed by atoms with E-state index in [9.17, 15) is 4.79 Å². The first kappa shape index (κ1) is 19.4. The SMILES string of the molecule is CC(C)(C)OC(=O)N1CCNC[C@H]1CCN=CC(CCO)=NN. The second kappa shape index (κ2) is 9.46. The summed E-state index contributed by atoms with van der Waals surface area (Å²) in [5.74, 6) is 5.21. The van der Waals surface area contributed by atoms with Gasteiger partial charge in [0, 0.05) is 51.5 Å². The molecule has 1 fully saturated rings. The first-order valence-electron chi connectivity index (χ1n) is 7.95. The number of aliphatic imine (C=N–C) groups is 1. The number of ether oxygens (including phenoxy) is 1. The maximum atomic E-state index is 12.3. The summed E-state index contributed by atoms with van der Waals surface area (Å²) >= 11 is 0. The van der Waals surface area contributed by atoms with E-state index in [1.807, 2.05) is 20.8 Å². The van der Waals surface area contributed by atoms with Crippen molar-refractivity contribution in [1.82, 2.24) is 10.2 Å². The molecule has 1 amide bonds. The lowest BCUT2D eigenvalue weighted by Gasteiger charge is -2.37. The van der Waals surface area contributed by atoms with Crippen LogP contribution in [0.15, 0.2) is 10.1 Å². The number of aliphatic hydroxyl groups excluding tert-OH is 1. The largest absolute Gasteiger partial charge is 0.444 e. The molecule has 23 heavy (non-hydrogen) atoms. The Labute approximate surface area is 137 Å². The lowest BCUT2D eigenvalue weighted by molar-refractivity contribution is 0.0115. The molecule has 1 rings (SSSR count). The number of nitrogens with two attached hydrogens (primary N) is 1. The van der Waals surface area contributed by atoms with Gasteiger partial charge in [0.15, 0.2) is 0 Å². The Bertz CT molecular complexity index is 431. The smallest absolute Gasteiger partial charge is 0.410 e. The summed E-state index contributed by atoms with van der Waals surface area (Å²) in [4.78, 5) is 18.3. The minimum Gasteiger partial charge on any atom is -0.444 e. The van der Waals surface area contributed by atoms with E-state index in [4.69, 9.17) is 15.7 Å². The van der Waals surface area contributed by atoms with Crippen molar-refractivity contribution in [2.75, 3.05) is 32.8 Å². The molecule has 1 aliphatic heterocycles. The van der Waals surface area contributed by atoms with Crippen molar-refractivity contribution in [1.29, 1.82) is 0 Å². The zero-order valence-electron chi connectivity index (χ0n) is 14.3. The van der Waals surface area contributed by atoms with Crippen molar-refractivity contribution in [2.24, 2.45) is 15.9 Å². The highest BCUT2D eigenvalue weighted by Gasteiger charge is 2.29. The van der Waals surface area contributed by atoms with Gasteiger partial charge in [0.25, 0.3) is 0 Å². The van der Waals surface area contributed by atoms with E-state index in [1.165, 1.54) is 0 Å². The lowest BCUT2D eigenvalue weighted by atomic mass is 10.1. The first-order valence-corrected chi connectivity index (χ1v) is 7.95. The van der Waals surface area contributed by atoms with E-state index in [0.717, 1.165) is 19.5 Å². The fourth-order valence-electron chi connectivity index (χ4n) is 2.25. The van der Waals surface area contributed by atoms with Crippen LogP contribution in [0.25, 0.3) is 0 Å². The van der Waals surface area contributed by atoms with E-state index in [1.54, 1.807) is 11.1 Å². The third kappa shape index (κ3) is 7.43. The molecule has 0 radical (unpaired) electrons. The van der Waals surface area contributed by atoms with E-state index in [0.29, 0.717) is 25.2 Å². The number of rotatable bonds is 6. The zero-order chi connectivity index (χ0) is 17.3. The second-order valence-corrected chi connectivity index (χ2v) is 6.45. The number of piperazine rings is 1. The molecule has 1 heterocycles. The fraction of sp³-hybridized carbons (Fsp3) is 0.800. The van der Waals surface area contributed by atoms with Crippen LogP contribution in [-0.2, 0) is 4.74 Å². The number of amides is 1. The summed E-state index contributed by atoms with van der Waals surface area (Å²) in [6, 6.07) is 0.0480. The molecule has 0 aromatic carbocycles. The predicted molar refractivity (Wildman–Crippen MR) is 90.9 cm³/mol. The standard InChI is InChI=1S/C15H29N5O3/c1-15(2,3)23-14(22)20-8-7-18-11-13(20)4-6-17-10-12(19-16)5-9-21/h10,13,18,21H,4-9,11,16H2,1-3H3/t13-/m1/s1. The molecular weight excluding hydrogens is 298 g/mol. The number of nitrogens with one attached hydrogen (secondary N) is 1. The third-order valence-electron chi connectivity index (χ3n) is 3.34. The molecule has 8 nitrogen and oxygen atoms in total. The van der Waals surface area contributed by atoms with E-state index < -0.39 is 5.60 Å². The van der Waals surface area contributed by atoms with Crippen LogP contribution in [-0.4, -0.2) is 72.5 Å². The maximum Gasteiger partial charge on any atom is 0.410 e. The van der Waals surface area contributed by atoms with Gasteiger partial charge >= 0.3 is 6.09 Å². The molecule has 132 valence electrons. The third-order valence-corrected chi connectivity index (χ3v) is 3.34. The molecular formula is C15H29N5O3. The lowest BCUT2D eigenvalue weighted by Crippen LogP contribution is -2.54.